The van der Waals surface area contributed by atoms with Crippen LogP contribution in [0.25, 0.3) is 11.1 Å². The first-order valence-electron chi connectivity index (χ1n) is 8.96. The maximum atomic E-state index is 14.8. The third-order valence-electron chi connectivity index (χ3n) is 4.55. The Morgan fingerprint density at radius 1 is 1.11 bits per heavy atom. The minimum atomic E-state index is -0.430. The van der Waals surface area contributed by atoms with Crippen molar-refractivity contribution in [2.24, 2.45) is 0 Å². The Bertz CT molecular complexity index is 781. The molecule has 27 heavy (non-hydrogen) atoms. The molecule has 0 atom stereocenters. The molecule has 0 aliphatic rings. The Balaban J connectivity index is 2.56. The van der Waals surface area contributed by atoms with Crippen LogP contribution >= 0.6 is 0 Å². The molecule has 0 aliphatic heterocycles. The number of hydrogen-bond acceptors (Lipinski definition) is 5. The molecule has 1 aromatic heterocycles. The SMILES string of the molecule is COC(=O)c1ccc(-c2c(F)cnc(OC)c2CN(C(C)C)C(C)C)cc1. The lowest BCUT2D eigenvalue weighted by atomic mass is 9.98. The summed E-state index contributed by atoms with van der Waals surface area (Å²) in [6, 6.07) is 7.21. The van der Waals surface area contributed by atoms with Crippen LogP contribution < -0.4 is 4.74 Å². The van der Waals surface area contributed by atoms with Crippen molar-refractivity contribution in [3.63, 3.8) is 0 Å². The molecule has 146 valence electrons. The van der Waals surface area contributed by atoms with Gasteiger partial charge in [-0.05, 0) is 45.4 Å². The molecule has 0 aliphatic carbocycles. The summed E-state index contributed by atoms with van der Waals surface area (Å²) in [4.78, 5) is 18.0. The van der Waals surface area contributed by atoms with Crippen molar-refractivity contribution in [2.45, 2.75) is 46.3 Å². The molecular weight excluding hydrogens is 347 g/mol. The molecule has 0 saturated carbocycles. The van der Waals surface area contributed by atoms with Gasteiger partial charge in [0.15, 0.2) is 0 Å². The molecule has 0 bridgehead atoms. The summed E-state index contributed by atoms with van der Waals surface area (Å²) in [5.74, 6) is -0.459. The molecule has 0 fully saturated rings. The smallest absolute Gasteiger partial charge is 0.337 e. The Labute approximate surface area is 160 Å². The van der Waals surface area contributed by atoms with Crippen molar-refractivity contribution in [1.82, 2.24) is 9.88 Å². The third-order valence-corrected chi connectivity index (χ3v) is 4.55. The number of halogens is 1. The number of ether oxygens (including phenoxy) is 2. The van der Waals surface area contributed by atoms with Gasteiger partial charge in [0, 0.05) is 29.8 Å². The summed E-state index contributed by atoms with van der Waals surface area (Å²) in [5.41, 5.74) is 2.19. The number of nitrogens with zero attached hydrogens (tertiary/aromatic N) is 2. The number of carbonyl (C=O) groups is 1. The van der Waals surface area contributed by atoms with Crippen LogP contribution in [0.4, 0.5) is 4.39 Å². The van der Waals surface area contributed by atoms with E-state index in [0.29, 0.717) is 34.7 Å². The lowest BCUT2D eigenvalue weighted by Crippen LogP contribution is -2.36. The fraction of sp³-hybridized carbons (Fsp3) is 0.429. The van der Waals surface area contributed by atoms with Gasteiger partial charge >= 0.3 is 5.97 Å². The highest BCUT2D eigenvalue weighted by atomic mass is 19.1. The van der Waals surface area contributed by atoms with E-state index in [1.54, 1.807) is 24.3 Å². The molecular formula is C21H27FN2O3. The van der Waals surface area contributed by atoms with Crippen molar-refractivity contribution in [2.75, 3.05) is 14.2 Å². The molecule has 0 saturated heterocycles. The summed E-state index contributed by atoms with van der Waals surface area (Å²) >= 11 is 0. The molecule has 2 rings (SSSR count). The minimum absolute atomic E-state index is 0.271. The van der Waals surface area contributed by atoms with E-state index in [1.807, 2.05) is 0 Å². The number of methoxy groups -OCH3 is 2. The first-order valence-corrected chi connectivity index (χ1v) is 8.96. The topological polar surface area (TPSA) is 51.7 Å². The number of hydrogen-bond donors (Lipinski definition) is 0. The molecule has 0 spiro atoms. The van der Waals surface area contributed by atoms with Crippen LogP contribution in [0.2, 0.25) is 0 Å². The number of aromatic nitrogens is 1. The zero-order valence-corrected chi connectivity index (χ0v) is 16.7. The summed E-state index contributed by atoms with van der Waals surface area (Å²) in [7, 11) is 2.86. The van der Waals surface area contributed by atoms with E-state index < -0.39 is 11.8 Å². The van der Waals surface area contributed by atoms with E-state index in [4.69, 9.17) is 9.47 Å². The molecule has 0 amide bonds. The normalized spacial score (nSPS) is 11.3. The van der Waals surface area contributed by atoms with Gasteiger partial charge in [-0.1, -0.05) is 12.1 Å². The van der Waals surface area contributed by atoms with E-state index in [9.17, 15) is 9.18 Å². The molecule has 0 radical (unpaired) electrons. The first kappa shape index (κ1) is 20.8. The van der Waals surface area contributed by atoms with E-state index >= 15 is 0 Å². The second-order valence-corrected chi connectivity index (χ2v) is 6.90. The second kappa shape index (κ2) is 8.95. The molecule has 2 aromatic rings. The van der Waals surface area contributed by atoms with E-state index in [1.165, 1.54) is 20.4 Å². The van der Waals surface area contributed by atoms with Crippen LogP contribution in [0.15, 0.2) is 30.5 Å². The van der Waals surface area contributed by atoms with Gasteiger partial charge < -0.3 is 9.47 Å². The van der Waals surface area contributed by atoms with Gasteiger partial charge in [-0.25, -0.2) is 14.2 Å². The average molecular weight is 374 g/mol. The van der Waals surface area contributed by atoms with Gasteiger partial charge in [0.25, 0.3) is 0 Å². The fourth-order valence-corrected chi connectivity index (χ4v) is 3.18. The van der Waals surface area contributed by atoms with Gasteiger partial charge in [0.1, 0.15) is 5.82 Å². The van der Waals surface area contributed by atoms with Crippen LogP contribution in [0.1, 0.15) is 43.6 Å². The predicted molar refractivity (Wildman–Crippen MR) is 103 cm³/mol. The number of esters is 1. The lowest BCUT2D eigenvalue weighted by molar-refractivity contribution is 0.0600. The zero-order valence-electron chi connectivity index (χ0n) is 16.7. The van der Waals surface area contributed by atoms with Crippen LogP contribution in [0.3, 0.4) is 0 Å². The molecule has 1 aromatic carbocycles. The molecule has 6 heteroatoms. The standard InChI is InChI=1S/C21H27FN2O3/c1-13(2)24(14(3)4)12-17-19(18(22)11-23-20(17)26-5)15-7-9-16(10-8-15)21(25)27-6/h7-11,13-14H,12H2,1-6H3. The summed E-state index contributed by atoms with van der Waals surface area (Å²) < 4.78 is 24.9. The second-order valence-electron chi connectivity index (χ2n) is 6.90. The summed E-state index contributed by atoms with van der Waals surface area (Å²) in [6.07, 6.45) is 1.17. The average Bonchev–Trinajstić information content (AvgIpc) is 2.65. The first-order chi connectivity index (χ1) is 12.8. The Morgan fingerprint density at radius 3 is 2.19 bits per heavy atom. The van der Waals surface area contributed by atoms with Gasteiger partial charge in [-0.3, -0.25) is 4.90 Å². The number of carbonyl (C=O) groups excluding carboxylic acids is 1. The van der Waals surface area contributed by atoms with Gasteiger partial charge in [0.2, 0.25) is 5.88 Å². The van der Waals surface area contributed by atoms with Crippen LogP contribution in [-0.4, -0.2) is 42.2 Å². The molecule has 0 unspecified atom stereocenters. The number of rotatable bonds is 7. The quantitative estimate of drug-likeness (QED) is 0.676. The highest BCUT2D eigenvalue weighted by molar-refractivity contribution is 5.90. The predicted octanol–water partition coefficient (Wildman–Crippen LogP) is 4.30. The molecule has 5 nitrogen and oxygen atoms in total. The van der Waals surface area contributed by atoms with Gasteiger partial charge in [-0.2, -0.15) is 0 Å². The maximum absolute atomic E-state index is 14.8. The zero-order chi connectivity index (χ0) is 20.1. The summed E-state index contributed by atoms with van der Waals surface area (Å²) in [5, 5.41) is 0. The van der Waals surface area contributed by atoms with Crippen molar-refractivity contribution < 1.29 is 18.7 Å². The van der Waals surface area contributed by atoms with Crippen molar-refractivity contribution in [3.8, 4) is 17.0 Å². The Kier molecular flexibility index (Phi) is 6.91. The van der Waals surface area contributed by atoms with Gasteiger partial charge in [-0.15, -0.1) is 0 Å². The minimum Gasteiger partial charge on any atom is -0.481 e. The summed E-state index contributed by atoms with van der Waals surface area (Å²) in [6.45, 7) is 8.90. The van der Waals surface area contributed by atoms with Crippen LogP contribution in [0, 0.1) is 5.82 Å². The highest BCUT2D eigenvalue weighted by Crippen LogP contribution is 2.33. The highest BCUT2D eigenvalue weighted by Gasteiger charge is 2.23. The van der Waals surface area contributed by atoms with Crippen molar-refractivity contribution in [3.05, 3.63) is 47.4 Å². The number of pyridine rings is 1. The maximum Gasteiger partial charge on any atom is 0.337 e. The van der Waals surface area contributed by atoms with Crippen LogP contribution in [-0.2, 0) is 11.3 Å². The number of benzene rings is 1. The van der Waals surface area contributed by atoms with E-state index in [2.05, 4.69) is 37.6 Å². The van der Waals surface area contributed by atoms with Gasteiger partial charge in [0.05, 0.1) is 26.0 Å². The Morgan fingerprint density at radius 2 is 1.70 bits per heavy atom. The van der Waals surface area contributed by atoms with E-state index in [0.717, 1.165) is 0 Å². The molecule has 0 N–H and O–H groups in total. The van der Waals surface area contributed by atoms with Crippen LogP contribution in [0.5, 0.6) is 5.88 Å². The third kappa shape index (κ3) is 4.63. The van der Waals surface area contributed by atoms with Crippen molar-refractivity contribution in [1.29, 1.82) is 0 Å². The Hall–Kier alpha value is -2.47. The molecule has 1 heterocycles. The lowest BCUT2D eigenvalue weighted by Gasteiger charge is -2.31. The fourth-order valence-electron chi connectivity index (χ4n) is 3.18. The van der Waals surface area contributed by atoms with Crippen molar-refractivity contribution >= 4 is 5.97 Å². The monoisotopic (exact) mass is 374 g/mol. The largest absolute Gasteiger partial charge is 0.481 e. The van der Waals surface area contributed by atoms with E-state index in [-0.39, 0.29) is 12.1 Å².